The minimum Gasteiger partial charge on any atom is -0.210 e. The lowest BCUT2D eigenvalue weighted by molar-refractivity contribution is -0.204. The highest BCUT2D eigenvalue weighted by Crippen LogP contribution is 2.40. The van der Waals surface area contributed by atoms with Gasteiger partial charge in [0.2, 0.25) is 6.43 Å². The lowest BCUT2D eigenvalue weighted by Gasteiger charge is -2.31. The molecule has 2 fully saturated rings. The summed E-state index contributed by atoms with van der Waals surface area (Å²) in [6, 6.07) is 0. The van der Waals surface area contributed by atoms with Crippen molar-refractivity contribution in [2.45, 2.75) is 243 Å². The van der Waals surface area contributed by atoms with Gasteiger partial charge in [-0.1, -0.05) is 218 Å². The van der Waals surface area contributed by atoms with Crippen LogP contribution < -0.4 is 0 Å². The summed E-state index contributed by atoms with van der Waals surface area (Å²) in [7, 11) is 0. The fourth-order valence-corrected chi connectivity index (χ4v) is 2.75. The molecule has 0 N–H and O–H groups in total. The van der Waals surface area contributed by atoms with Gasteiger partial charge in [0.15, 0.2) is 0 Å². The summed E-state index contributed by atoms with van der Waals surface area (Å²) in [6.07, 6.45) is 7.90. The van der Waals surface area contributed by atoms with Gasteiger partial charge < -0.3 is 0 Å². The van der Waals surface area contributed by atoms with E-state index in [0.29, 0.717) is 27.1 Å². The number of halogens is 5. The lowest BCUT2D eigenvalue weighted by Crippen LogP contribution is -2.28. The quantitative estimate of drug-likeness (QED) is 0.248. The van der Waals surface area contributed by atoms with E-state index >= 15 is 0 Å². The molecule has 0 unspecified atom stereocenters. The Morgan fingerprint density at radius 3 is 0.620 bits per heavy atom. The van der Waals surface area contributed by atoms with E-state index in [1.54, 1.807) is 0 Å². The van der Waals surface area contributed by atoms with Crippen molar-refractivity contribution in [3.63, 3.8) is 0 Å². The van der Waals surface area contributed by atoms with Gasteiger partial charge in [-0.3, -0.25) is 0 Å². The zero-order chi connectivity index (χ0) is 41.8. The van der Waals surface area contributed by atoms with Gasteiger partial charge in [-0.15, -0.1) is 0 Å². The van der Waals surface area contributed by atoms with Crippen LogP contribution in [0.3, 0.4) is 0 Å². The topological polar surface area (TPSA) is 0 Å². The van der Waals surface area contributed by atoms with Crippen molar-refractivity contribution in [1.82, 2.24) is 0 Å². The number of hydrogen-bond acceptors (Lipinski definition) is 0. The molecule has 0 nitrogen and oxygen atoms in total. The minimum atomic E-state index is -4.06. The maximum Gasteiger partial charge on any atom is 0.393 e. The van der Waals surface area contributed by atoms with Crippen molar-refractivity contribution in [3.05, 3.63) is 0 Å². The third kappa shape index (κ3) is 57.0. The molecule has 5 heteroatoms. The van der Waals surface area contributed by atoms with E-state index in [9.17, 15) is 22.0 Å². The van der Waals surface area contributed by atoms with Crippen molar-refractivity contribution in [1.29, 1.82) is 0 Å². The van der Waals surface area contributed by atoms with Gasteiger partial charge in [-0.25, -0.2) is 8.78 Å². The molecule has 0 radical (unpaired) electrons. The highest BCUT2D eigenvalue weighted by Gasteiger charge is 2.43. The SMILES string of the molecule is CC(C)(C)C(F)(F)F.CC(C)(C)C(F)F.CC(C)(C)CC1CC1.CC(C)(C)CC1CCC1.CCC(C)(C)C.CCC(C)(C)C.CCC(C)(C)C. The largest absolute Gasteiger partial charge is 0.393 e. The van der Waals surface area contributed by atoms with E-state index in [1.807, 2.05) is 0 Å². The monoisotopic (exact) mass is 731 g/mol. The zero-order valence-electron chi connectivity index (χ0n) is 38.7. The first kappa shape index (κ1) is 58.9. The summed E-state index contributed by atoms with van der Waals surface area (Å²) < 4.78 is 57.8. The summed E-state index contributed by atoms with van der Waals surface area (Å²) in [5, 5.41) is 0. The Morgan fingerprint density at radius 1 is 0.420 bits per heavy atom. The average Bonchev–Trinajstić information content (AvgIpc) is 3.63. The fourth-order valence-electron chi connectivity index (χ4n) is 2.75. The van der Waals surface area contributed by atoms with Crippen LogP contribution in [-0.2, 0) is 0 Å². The molecule has 0 spiro atoms. The highest BCUT2D eigenvalue weighted by molar-refractivity contribution is 4.78. The Kier molecular flexibility index (Phi) is 29.3. The van der Waals surface area contributed by atoms with Crippen LogP contribution >= 0.6 is 0 Å². The van der Waals surface area contributed by atoms with Crippen LogP contribution in [0.2, 0.25) is 0 Å². The molecule has 2 aliphatic carbocycles. The Morgan fingerprint density at radius 2 is 0.600 bits per heavy atom. The van der Waals surface area contributed by atoms with Crippen LogP contribution in [0.25, 0.3) is 0 Å². The Hall–Kier alpha value is -0.350. The van der Waals surface area contributed by atoms with Crippen molar-refractivity contribution in [2.24, 2.45) is 49.7 Å². The molecule has 2 rings (SSSR count). The molecule has 0 amide bonds. The van der Waals surface area contributed by atoms with E-state index in [2.05, 4.69) is 125 Å². The van der Waals surface area contributed by atoms with Crippen molar-refractivity contribution < 1.29 is 22.0 Å². The van der Waals surface area contributed by atoms with Crippen LogP contribution in [0.5, 0.6) is 0 Å². The first-order valence-corrected chi connectivity index (χ1v) is 19.9. The molecule has 310 valence electrons. The third-order valence-corrected chi connectivity index (χ3v) is 8.41. The number of hydrogen-bond donors (Lipinski definition) is 0. The number of alkyl halides is 5. The van der Waals surface area contributed by atoms with Gasteiger partial charge in [-0.2, -0.15) is 13.2 Å². The van der Waals surface area contributed by atoms with E-state index in [4.69, 9.17) is 0 Å². The molecule has 0 aliphatic heterocycles. The number of rotatable bonds is 2. The summed E-state index contributed by atoms with van der Waals surface area (Å²) in [6.45, 7) is 48.8. The molecule has 0 bridgehead atoms. The highest BCUT2D eigenvalue weighted by atomic mass is 19.4. The summed E-state index contributed by atoms with van der Waals surface area (Å²) in [4.78, 5) is 0. The fraction of sp³-hybridized carbons (Fsp3) is 1.00. The molecular formula is C45H95F5. The second-order valence-corrected chi connectivity index (χ2v) is 22.9. The molecule has 0 heterocycles. The lowest BCUT2D eigenvalue weighted by atomic mass is 9.74. The maximum absolute atomic E-state index is 11.6. The Bertz CT molecular complexity index is 705. The van der Waals surface area contributed by atoms with Crippen molar-refractivity contribution >= 4 is 0 Å². The zero-order valence-corrected chi connectivity index (χ0v) is 38.7. The van der Waals surface area contributed by atoms with E-state index in [1.165, 1.54) is 85.0 Å². The normalized spacial score (nSPS) is 15.7. The minimum absolute atomic E-state index is 0.542. The van der Waals surface area contributed by atoms with Crippen LogP contribution in [0, 0.1) is 49.7 Å². The molecule has 0 aromatic heterocycles. The van der Waals surface area contributed by atoms with Gasteiger partial charge in [0.05, 0.1) is 5.41 Å². The Labute approximate surface area is 314 Å². The van der Waals surface area contributed by atoms with Crippen molar-refractivity contribution in [2.75, 3.05) is 0 Å². The second kappa shape index (κ2) is 24.9. The Balaban J connectivity index is -0.000000159. The average molecular weight is 731 g/mol. The van der Waals surface area contributed by atoms with Crippen molar-refractivity contribution in [3.8, 4) is 0 Å². The van der Waals surface area contributed by atoms with Gasteiger partial charge in [0.25, 0.3) is 0 Å². The second-order valence-electron chi connectivity index (χ2n) is 22.9. The standard InChI is InChI=1S/C9H18.C8H16.3C6H14.C5H9F3.C5H10F2/c1-9(2,3)7-8-5-4-6-8;1-8(2,3)6-7-4-5-7;3*1-5-6(2,3)4;1-4(2,3)5(6,7)8;1-5(2,3)4(6)7/h8H,4-7H2,1-3H3;7H,4-6H2,1-3H3;3*5H2,1-4H3;1-3H3;4H,1-3H3. The molecule has 0 saturated heterocycles. The van der Waals surface area contributed by atoms with E-state index in [0.717, 1.165) is 32.6 Å². The molecule has 0 atom stereocenters. The molecule has 2 aliphatic rings. The predicted octanol–water partition coefficient (Wildman–Crippen LogP) is 18.3. The molecule has 2 saturated carbocycles. The van der Waals surface area contributed by atoms with Gasteiger partial charge >= 0.3 is 6.18 Å². The summed E-state index contributed by atoms with van der Waals surface area (Å²) in [5.41, 5.74) is 0.388. The molecular weight excluding hydrogens is 635 g/mol. The van der Waals surface area contributed by atoms with Gasteiger partial charge in [0.1, 0.15) is 0 Å². The van der Waals surface area contributed by atoms with Crippen LogP contribution in [0.1, 0.15) is 230 Å². The van der Waals surface area contributed by atoms with E-state index < -0.39 is 23.4 Å². The van der Waals surface area contributed by atoms with Gasteiger partial charge in [0, 0.05) is 5.41 Å². The third-order valence-electron chi connectivity index (χ3n) is 8.41. The molecule has 0 aromatic carbocycles. The summed E-state index contributed by atoms with van der Waals surface area (Å²) >= 11 is 0. The first-order chi connectivity index (χ1) is 21.5. The first-order valence-electron chi connectivity index (χ1n) is 19.9. The maximum atomic E-state index is 11.6. The summed E-state index contributed by atoms with van der Waals surface area (Å²) in [5.74, 6) is 2.17. The van der Waals surface area contributed by atoms with Crippen LogP contribution in [-0.4, -0.2) is 12.6 Å². The molecule has 0 aromatic rings. The van der Waals surface area contributed by atoms with E-state index in [-0.39, 0.29) is 0 Å². The van der Waals surface area contributed by atoms with Gasteiger partial charge in [-0.05, 0) is 51.8 Å². The smallest absolute Gasteiger partial charge is 0.210 e. The molecule has 50 heavy (non-hydrogen) atoms. The predicted molar refractivity (Wildman–Crippen MR) is 218 cm³/mol. The van der Waals surface area contributed by atoms with Crippen LogP contribution in [0.4, 0.5) is 22.0 Å². The van der Waals surface area contributed by atoms with Crippen LogP contribution in [0.15, 0.2) is 0 Å².